The van der Waals surface area contributed by atoms with E-state index >= 15 is 0 Å². The highest BCUT2D eigenvalue weighted by Crippen LogP contribution is 2.48. The average Bonchev–Trinajstić information content (AvgIpc) is 3.60. The highest BCUT2D eigenvalue weighted by Gasteiger charge is 2.44. The van der Waals surface area contributed by atoms with Crippen molar-refractivity contribution in [3.8, 4) is 5.95 Å². The van der Waals surface area contributed by atoms with Crippen LogP contribution in [0.5, 0.6) is 0 Å². The van der Waals surface area contributed by atoms with Gasteiger partial charge in [-0.25, -0.2) is 9.97 Å². The van der Waals surface area contributed by atoms with Crippen LogP contribution in [0.4, 0.5) is 5.82 Å². The van der Waals surface area contributed by atoms with Gasteiger partial charge in [0.25, 0.3) is 5.95 Å². The first-order valence-corrected chi connectivity index (χ1v) is 8.88. The Hall–Kier alpha value is -3.09. The number of nitrogens with one attached hydrogen (secondary N) is 1. The summed E-state index contributed by atoms with van der Waals surface area (Å²) in [6.45, 7) is 0. The lowest BCUT2D eigenvalue weighted by Gasteiger charge is -2.07. The third-order valence-corrected chi connectivity index (χ3v) is 4.96. The van der Waals surface area contributed by atoms with Gasteiger partial charge >= 0.3 is 0 Å². The van der Waals surface area contributed by atoms with Crippen molar-refractivity contribution in [2.75, 3.05) is 5.32 Å². The second kappa shape index (κ2) is 6.01. The molecule has 2 atom stereocenters. The minimum atomic E-state index is -0.0244. The van der Waals surface area contributed by atoms with Gasteiger partial charge in [0.05, 0.1) is 5.69 Å². The van der Waals surface area contributed by atoms with Gasteiger partial charge in [0, 0.05) is 42.7 Å². The number of aromatic nitrogens is 5. The van der Waals surface area contributed by atoms with E-state index < -0.39 is 0 Å². The molecule has 7 nitrogen and oxygen atoms in total. The van der Waals surface area contributed by atoms with Crippen molar-refractivity contribution in [3.63, 3.8) is 0 Å². The van der Waals surface area contributed by atoms with Crippen LogP contribution in [-0.2, 0) is 4.79 Å². The van der Waals surface area contributed by atoms with E-state index in [1.165, 1.54) is 0 Å². The molecule has 0 aromatic carbocycles. The maximum absolute atomic E-state index is 12.7. The molecule has 0 bridgehead atoms. The van der Waals surface area contributed by atoms with Gasteiger partial charge in [-0.15, -0.1) is 0 Å². The molecule has 2 fully saturated rings. The molecule has 7 heteroatoms. The highest BCUT2D eigenvalue weighted by atomic mass is 16.2. The van der Waals surface area contributed by atoms with Gasteiger partial charge in [0.15, 0.2) is 0 Å². The summed E-state index contributed by atoms with van der Waals surface area (Å²) < 4.78 is 1.63. The Kier molecular flexibility index (Phi) is 3.51. The molecule has 0 unspecified atom stereocenters. The van der Waals surface area contributed by atoms with Crippen LogP contribution in [0.15, 0.2) is 49.1 Å². The van der Waals surface area contributed by atoms with E-state index in [4.69, 9.17) is 0 Å². The van der Waals surface area contributed by atoms with E-state index in [2.05, 4.69) is 25.4 Å². The van der Waals surface area contributed by atoms with E-state index in [9.17, 15) is 4.79 Å². The number of amides is 1. The van der Waals surface area contributed by atoms with Gasteiger partial charge in [0.2, 0.25) is 5.91 Å². The number of carbonyl (C=O) groups is 1. The van der Waals surface area contributed by atoms with Crippen molar-refractivity contribution in [2.24, 2.45) is 5.92 Å². The number of carbonyl (C=O) groups excluding carboxylic acids is 1. The molecule has 3 aromatic heterocycles. The summed E-state index contributed by atoms with van der Waals surface area (Å²) in [5, 5.41) is 7.65. The van der Waals surface area contributed by atoms with Crippen molar-refractivity contribution >= 4 is 11.7 Å². The molecule has 130 valence electrons. The van der Waals surface area contributed by atoms with Crippen LogP contribution in [0.2, 0.25) is 0 Å². The zero-order chi connectivity index (χ0) is 17.5. The molecule has 2 aliphatic carbocycles. The van der Waals surface area contributed by atoms with Crippen molar-refractivity contribution in [3.05, 3.63) is 60.3 Å². The van der Waals surface area contributed by atoms with Gasteiger partial charge in [0.1, 0.15) is 5.82 Å². The molecular weight excluding hydrogens is 328 g/mol. The summed E-state index contributed by atoms with van der Waals surface area (Å²) >= 11 is 0. The summed E-state index contributed by atoms with van der Waals surface area (Å²) in [4.78, 5) is 25.4. The fraction of sp³-hybridized carbons (Fsp3) is 0.316. The monoisotopic (exact) mass is 346 g/mol. The molecule has 0 radical (unpaired) electrons. The Morgan fingerprint density at radius 1 is 1.15 bits per heavy atom. The zero-order valence-electron chi connectivity index (χ0n) is 14.1. The molecule has 0 spiro atoms. The lowest BCUT2D eigenvalue weighted by molar-refractivity contribution is -0.117. The van der Waals surface area contributed by atoms with Crippen LogP contribution in [0.1, 0.15) is 42.4 Å². The SMILES string of the molecule is O=C(Nc1cc(C2CC2)nn1-c1ncccn1)[C@@H]1C[C@H]1c1cccnc1. The second-order valence-corrected chi connectivity index (χ2v) is 6.91. The van der Waals surface area contributed by atoms with Gasteiger partial charge < -0.3 is 5.32 Å². The molecule has 5 rings (SSSR count). The Morgan fingerprint density at radius 3 is 2.73 bits per heavy atom. The van der Waals surface area contributed by atoms with E-state index in [0.29, 0.717) is 17.7 Å². The molecule has 2 aliphatic rings. The predicted molar refractivity (Wildman–Crippen MR) is 94.8 cm³/mol. The normalized spacial score (nSPS) is 21.4. The van der Waals surface area contributed by atoms with E-state index in [1.54, 1.807) is 29.3 Å². The molecule has 1 N–H and O–H groups in total. The molecule has 26 heavy (non-hydrogen) atoms. The third kappa shape index (κ3) is 2.85. The van der Waals surface area contributed by atoms with Crippen LogP contribution >= 0.6 is 0 Å². The van der Waals surface area contributed by atoms with E-state index in [-0.39, 0.29) is 17.7 Å². The standard InChI is InChI=1S/C19H18N6O/c26-18(15-9-14(15)13-3-1-6-20-11-13)23-17-10-16(12-4-5-12)24-25(17)19-21-7-2-8-22-19/h1-3,6-8,10-12,14-15H,4-5,9H2,(H,23,26)/t14-,15+/m0/s1. The summed E-state index contributed by atoms with van der Waals surface area (Å²) in [6, 6.07) is 7.65. The van der Waals surface area contributed by atoms with Crippen molar-refractivity contribution in [1.82, 2.24) is 24.7 Å². The maximum Gasteiger partial charge on any atom is 0.252 e. The number of hydrogen-bond donors (Lipinski definition) is 1. The van der Waals surface area contributed by atoms with Crippen LogP contribution in [-0.4, -0.2) is 30.6 Å². The Bertz CT molecular complexity index is 935. The van der Waals surface area contributed by atoms with Crippen LogP contribution < -0.4 is 5.32 Å². The van der Waals surface area contributed by atoms with E-state index in [1.807, 2.05) is 24.4 Å². The first-order chi connectivity index (χ1) is 12.8. The fourth-order valence-electron chi connectivity index (χ4n) is 3.29. The molecule has 1 amide bonds. The molecule has 3 heterocycles. The summed E-state index contributed by atoms with van der Waals surface area (Å²) in [7, 11) is 0. The minimum absolute atomic E-state index is 0.0123. The number of rotatable bonds is 5. The zero-order valence-corrected chi connectivity index (χ0v) is 14.1. The molecule has 0 aliphatic heterocycles. The van der Waals surface area contributed by atoms with Crippen LogP contribution in [0.25, 0.3) is 5.95 Å². The largest absolute Gasteiger partial charge is 0.310 e. The fourth-order valence-corrected chi connectivity index (χ4v) is 3.29. The van der Waals surface area contributed by atoms with Gasteiger partial charge in [-0.05, 0) is 42.9 Å². The summed E-state index contributed by atoms with van der Waals surface area (Å²) in [6.07, 6.45) is 10.1. The maximum atomic E-state index is 12.7. The molecule has 3 aromatic rings. The summed E-state index contributed by atoms with van der Waals surface area (Å²) in [5.41, 5.74) is 2.11. The van der Waals surface area contributed by atoms with E-state index in [0.717, 1.165) is 30.5 Å². The molecule has 0 saturated heterocycles. The number of pyridine rings is 1. The first-order valence-electron chi connectivity index (χ1n) is 8.88. The molecule has 2 saturated carbocycles. The van der Waals surface area contributed by atoms with Crippen molar-refractivity contribution < 1.29 is 4.79 Å². The number of nitrogens with zero attached hydrogens (tertiary/aromatic N) is 5. The lowest BCUT2D eigenvalue weighted by Crippen LogP contribution is -2.18. The second-order valence-electron chi connectivity index (χ2n) is 6.91. The third-order valence-electron chi connectivity index (χ3n) is 4.96. The number of hydrogen-bond acceptors (Lipinski definition) is 5. The van der Waals surface area contributed by atoms with Crippen LogP contribution in [0, 0.1) is 5.92 Å². The van der Waals surface area contributed by atoms with Crippen molar-refractivity contribution in [1.29, 1.82) is 0 Å². The Morgan fingerprint density at radius 2 is 2.00 bits per heavy atom. The van der Waals surface area contributed by atoms with Gasteiger partial charge in [-0.2, -0.15) is 9.78 Å². The summed E-state index contributed by atoms with van der Waals surface area (Å²) in [5.74, 6) is 1.83. The van der Waals surface area contributed by atoms with Crippen molar-refractivity contribution in [2.45, 2.75) is 31.1 Å². The highest BCUT2D eigenvalue weighted by molar-refractivity contribution is 5.94. The quantitative estimate of drug-likeness (QED) is 0.768. The Balaban J connectivity index is 1.38. The minimum Gasteiger partial charge on any atom is -0.310 e. The predicted octanol–water partition coefficient (Wildman–Crippen LogP) is 2.68. The lowest BCUT2D eigenvalue weighted by atomic mass is 10.1. The Labute approximate surface area is 150 Å². The van der Waals surface area contributed by atoms with Gasteiger partial charge in [-0.3, -0.25) is 9.78 Å². The number of anilines is 1. The van der Waals surface area contributed by atoms with Crippen LogP contribution in [0.3, 0.4) is 0 Å². The molecular formula is C19H18N6O. The van der Waals surface area contributed by atoms with Gasteiger partial charge in [-0.1, -0.05) is 6.07 Å². The topological polar surface area (TPSA) is 85.6 Å². The first kappa shape index (κ1) is 15.2. The average molecular weight is 346 g/mol. The smallest absolute Gasteiger partial charge is 0.252 e.